The number of rotatable bonds is 8. The number of thiocarbonyl (C=S) groups is 1. The molecule has 1 saturated heterocycles. The third-order valence-electron chi connectivity index (χ3n) is 5.54. The van der Waals surface area contributed by atoms with Crippen LogP contribution in [0.25, 0.3) is 0 Å². The Morgan fingerprint density at radius 2 is 1.90 bits per heavy atom. The average Bonchev–Trinajstić information content (AvgIpc) is 2.77. The van der Waals surface area contributed by atoms with E-state index in [-0.39, 0.29) is 0 Å². The van der Waals surface area contributed by atoms with Crippen LogP contribution in [0.1, 0.15) is 19.3 Å². The molecular formula is C22H33N3O3S. The first-order valence-electron chi connectivity index (χ1n) is 10.4. The molecule has 0 amide bonds. The predicted molar refractivity (Wildman–Crippen MR) is 121 cm³/mol. The minimum absolute atomic E-state index is 0.643. The molecule has 2 aliphatic rings. The molecule has 1 atom stereocenters. The molecule has 1 fully saturated rings. The highest BCUT2D eigenvalue weighted by atomic mass is 32.1. The van der Waals surface area contributed by atoms with Crippen LogP contribution >= 0.6 is 12.2 Å². The van der Waals surface area contributed by atoms with Crippen molar-refractivity contribution in [1.82, 2.24) is 9.80 Å². The Hall–Kier alpha value is -1.83. The van der Waals surface area contributed by atoms with Gasteiger partial charge in [0, 0.05) is 56.6 Å². The average molecular weight is 420 g/mol. The predicted octanol–water partition coefficient (Wildman–Crippen LogP) is 3.39. The first-order valence-corrected chi connectivity index (χ1v) is 10.8. The van der Waals surface area contributed by atoms with E-state index in [1.54, 1.807) is 14.2 Å². The number of benzene rings is 1. The molecule has 6 nitrogen and oxygen atoms in total. The molecule has 29 heavy (non-hydrogen) atoms. The van der Waals surface area contributed by atoms with Crippen molar-refractivity contribution >= 4 is 23.0 Å². The zero-order valence-electron chi connectivity index (χ0n) is 17.6. The summed E-state index contributed by atoms with van der Waals surface area (Å²) in [6.07, 6.45) is 8.10. The minimum atomic E-state index is 0.643. The highest BCUT2D eigenvalue weighted by Gasteiger charge is 2.19. The summed E-state index contributed by atoms with van der Waals surface area (Å²) in [7, 11) is 3.31. The van der Waals surface area contributed by atoms with Crippen molar-refractivity contribution in [2.24, 2.45) is 5.92 Å². The van der Waals surface area contributed by atoms with Crippen LogP contribution in [0, 0.1) is 5.92 Å². The van der Waals surface area contributed by atoms with Crippen molar-refractivity contribution in [2.45, 2.75) is 19.3 Å². The van der Waals surface area contributed by atoms with Crippen LogP contribution in [-0.4, -0.2) is 75.1 Å². The second-order valence-corrected chi connectivity index (χ2v) is 7.97. The molecule has 1 unspecified atom stereocenters. The fraction of sp³-hybridized carbons (Fsp3) is 0.591. The number of anilines is 1. The second-order valence-electron chi connectivity index (χ2n) is 7.58. The summed E-state index contributed by atoms with van der Waals surface area (Å²) in [6, 6.07) is 5.75. The van der Waals surface area contributed by atoms with Crippen molar-refractivity contribution in [3.05, 3.63) is 30.4 Å². The molecule has 7 heteroatoms. The molecule has 0 spiro atoms. The van der Waals surface area contributed by atoms with Gasteiger partial charge in [-0.15, -0.1) is 0 Å². The highest BCUT2D eigenvalue weighted by molar-refractivity contribution is 7.80. The van der Waals surface area contributed by atoms with Crippen molar-refractivity contribution in [2.75, 3.05) is 65.5 Å². The van der Waals surface area contributed by atoms with E-state index in [1.165, 1.54) is 6.42 Å². The molecule has 1 aliphatic carbocycles. The van der Waals surface area contributed by atoms with Gasteiger partial charge in [-0.25, -0.2) is 0 Å². The van der Waals surface area contributed by atoms with E-state index in [1.807, 2.05) is 18.2 Å². The lowest BCUT2D eigenvalue weighted by molar-refractivity contribution is 0.0356. The number of allylic oxidation sites excluding steroid dienone is 2. The van der Waals surface area contributed by atoms with Crippen molar-refractivity contribution in [1.29, 1.82) is 0 Å². The Morgan fingerprint density at radius 3 is 2.52 bits per heavy atom. The number of nitrogens with one attached hydrogen (secondary N) is 1. The van der Waals surface area contributed by atoms with Gasteiger partial charge < -0.3 is 24.4 Å². The second kappa shape index (κ2) is 11.4. The van der Waals surface area contributed by atoms with Crippen LogP contribution in [0.2, 0.25) is 0 Å². The monoisotopic (exact) mass is 419 g/mol. The van der Waals surface area contributed by atoms with Gasteiger partial charge in [-0.3, -0.25) is 4.90 Å². The molecule has 0 saturated carbocycles. The first-order chi connectivity index (χ1) is 14.2. The molecular weight excluding hydrogens is 386 g/mol. The van der Waals surface area contributed by atoms with Gasteiger partial charge in [-0.1, -0.05) is 12.2 Å². The largest absolute Gasteiger partial charge is 0.497 e. The topological polar surface area (TPSA) is 46.2 Å². The van der Waals surface area contributed by atoms with E-state index in [2.05, 4.69) is 27.3 Å². The lowest BCUT2D eigenvalue weighted by Gasteiger charge is -2.34. The number of ether oxygens (including phenoxy) is 3. The van der Waals surface area contributed by atoms with E-state index in [9.17, 15) is 0 Å². The first kappa shape index (κ1) is 21.9. The smallest absolute Gasteiger partial charge is 0.173 e. The highest BCUT2D eigenvalue weighted by Crippen LogP contribution is 2.26. The van der Waals surface area contributed by atoms with Gasteiger partial charge in [-0.2, -0.15) is 0 Å². The van der Waals surface area contributed by atoms with Gasteiger partial charge in [0.2, 0.25) is 0 Å². The Labute approximate surface area is 179 Å². The fourth-order valence-corrected chi connectivity index (χ4v) is 4.06. The van der Waals surface area contributed by atoms with Crippen LogP contribution in [0.4, 0.5) is 5.69 Å². The van der Waals surface area contributed by atoms with Crippen LogP contribution in [0.15, 0.2) is 30.4 Å². The zero-order valence-corrected chi connectivity index (χ0v) is 18.4. The van der Waals surface area contributed by atoms with Crippen LogP contribution in [-0.2, 0) is 4.74 Å². The van der Waals surface area contributed by atoms with Gasteiger partial charge in [0.1, 0.15) is 11.5 Å². The molecule has 1 aromatic rings. The Bertz CT molecular complexity index is 670. The summed E-state index contributed by atoms with van der Waals surface area (Å²) < 4.78 is 16.2. The molecule has 0 aromatic heterocycles. The molecule has 0 bridgehead atoms. The van der Waals surface area contributed by atoms with Gasteiger partial charge in [0.25, 0.3) is 0 Å². The summed E-state index contributed by atoms with van der Waals surface area (Å²) in [5.74, 6) is 2.13. The Kier molecular flexibility index (Phi) is 8.58. The standard InChI is InChI=1S/C22H33N3O3S/c1-26-20-14-19(15-21(16-20)27-2)23-22(29)25(17-18-6-4-3-5-7-18)9-8-24-10-12-28-13-11-24/h3-4,14-16,18H,5-13,17H2,1-2H3,(H,23,29). The third kappa shape index (κ3) is 6.87. The number of nitrogens with zero attached hydrogens (tertiary/aromatic N) is 2. The van der Waals surface area contributed by atoms with E-state index in [4.69, 9.17) is 26.4 Å². The van der Waals surface area contributed by atoms with Crippen LogP contribution in [0.3, 0.4) is 0 Å². The van der Waals surface area contributed by atoms with Crippen molar-refractivity contribution in [3.8, 4) is 11.5 Å². The van der Waals surface area contributed by atoms with Gasteiger partial charge in [0.15, 0.2) is 5.11 Å². The van der Waals surface area contributed by atoms with Crippen molar-refractivity contribution in [3.63, 3.8) is 0 Å². The van der Waals surface area contributed by atoms with E-state index in [0.29, 0.717) is 5.92 Å². The Morgan fingerprint density at radius 1 is 1.17 bits per heavy atom. The number of methoxy groups -OCH3 is 2. The fourth-order valence-electron chi connectivity index (χ4n) is 3.78. The maximum atomic E-state index is 5.82. The van der Waals surface area contributed by atoms with E-state index in [0.717, 1.165) is 81.1 Å². The summed E-state index contributed by atoms with van der Waals surface area (Å²) >= 11 is 5.82. The van der Waals surface area contributed by atoms with E-state index >= 15 is 0 Å². The van der Waals surface area contributed by atoms with Crippen molar-refractivity contribution < 1.29 is 14.2 Å². The number of hydrogen-bond donors (Lipinski definition) is 1. The van der Waals surface area contributed by atoms with E-state index < -0.39 is 0 Å². The molecule has 3 rings (SSSR count). The summed E-state index contributed by atoms with van der Waals surface area (Å²) in [5.41, 5.74) is 0.881. The maximum absolute atomic E-state index is 5.82. The molecule has 1 aliphatic heterocycles. The van der Waals surface area contributed by atoms with Gasteiger partial charge in [0.05, 0.1) is 27.4 Å². The normalized spacial score (nSPS) is 19.6. The molecule has 0 radical (unpaired) electrons. The maximum Gasteiger partial charge on any atom is 0.173 e. The molecule has 160 valence electrons. The lowest BCUT2D eigenvalue weighted by atomic mass is 9.94. The summed E-state index contributed by atoms with van der Waals surface area (Å²) in [6.45, 7) is 6.50. The SMILES string of the molecule is COc1cc(NC(=S)N(CCN2CCOCC2)CC2CC=CCC2)cc(OC)c1. The Balaban J connectivity index is 1.66. The minimum Gasteiger partial charge on any atom is -0.497 e. The molecule has 1 aromatic carbocycles. The van der Waals surface area contributed by atoms with Gasteiger partial charge >= 0.3 is 0 Å². The lowest BCUT2D eigenvalue weighted by Crippen LogP contribution is -2.45. The van der Waals surface area contributed by atoms with Crippen LogP contribution < -0.4 is 14.8 Å². The number of hydrogen-bond acceptors (Lipinski definition) is 5. The summed E-state index contributed by atoms with van der Waals surface area (Å²) in [5, 5.41) is 4.16. The van der Waals surface area contributed by atoms with Gasteiger partial charge in [-0.05, 0) is 37.4 Å². The molecule has 1 heterocycles. The van der Waals surface area contributed by atoms with Crippen LogP contribution in [0.5, 0.6) is 11.5 Å². The third-order valence-corrected chi connectivity index (χ3v) is 5.90. The number of morpholine rings is 1. The molecule has 1 N–H and O–H groups in total. The summed E-state index contributed by atoms with van der Waals surface area (Å²) in [4.78, 5) is 4.77. The quantitative estimate of drug-likeness (QED) is 0.512. The zero-order chi connectivity index (χ0) is 20.5.